The smallest absolute Gasteiger partial charge is 0.238 e. The van der Waals surface area contributed by atoms with Gasteiger partial charge < -0.3 is 10.2 Å². The molecule has 5 nitrogen and oxygen atoms in total. The van der Waals surface area contributed by atoms with E-state index in [-0.39, 0.29) is 28.1 Å². The van der Waals surface area contributed by atoms with E-state index in [4.69, 9.17) is 23.2 Å². The molecule has 1 fully saturated rings. The van der Waals surface area contributed by atoms with Crippen molar-refractivity contribution in [3.63, 3.8) is 0 Å². The van der Waals surface area contributed by atoms with Crippen LogP contribution in [0.25, 0.3) is 6.08 Å². The predicted molar refractivity (Wildman–Crippen MR) is 154 cm³/mol. The van der Waals surface area contributed by atoms with Crippen molar-refractivity contribution in [1.82, 2.24) is 4.90 Å². The first kappa shape index (κ1) is 24.3. The summed E-state index contributed by atoms with van der Waals surface area (Å²) < 4.78 is 0. The molecule has 4 aromatic rings. The molecule has 39 heavy (non-hydrogen) atoms. The topological polar surface area (TPSA) is 66.5 Å². The molecule has 8 heteroatoms. The molecule has 0 bridgehead atoms. The van der Waals surface area contributed by atoms with Gasteiger partial charge in [0.1, 0.15) is 11.5 Å². The number of Topliss-reactive ketones (excluding diaryl/α,β-unsaturated/α-hetero) is 2. The number of halogens is 2. The van der Waals surface area contributed by atoms with Crippen LogP contribution in [0.5, 0.6) is 0 Å². The Morgan fingerprint density at radius 2 is 1.72 bits per heavy atom. The molecular formula is C31H20Cl2N2O3S. The molecule has 4 unspecified atom stereocenters. The Balaban J connectivity index is 1.56. The van der Waals surface area contributed by atoms with Crippen LogP contribution in [0.15, 0.2) is 90.4 Å². The summed E-state index contributed by atoms with van der Waals surface area (Å²) in [4.78, 5) is 45.9. The van der Waals surface area contributed by atoms with Crippen molar-refractivity contribution in [2.45, 2.75) is 17.5 Å². The van der Waals surface area contributed by atoms with Gasteiger partial charge in [-0.1, -0.05) is 71.7 Å². The molecule has 0 radical (unpaired) electrons. The monoisotopic (exact) mass is 570 g/mol. The van der Waals surface area contributed by atoms with E-state index in [0.717, 1.165) is 11.1 Å². The number of thiophene rings is 1. The average Bonchev–Trinajstić information content (AvgIpc) is 3.65. The molecule has 1 aromatic heterocycles. The van der Waals surface area contributed by atoms with Crippen LogP contribution in [-0.4, -0.2) is 28.4 Å². The number of ketones is 2. The molecule has 3 aliphatic rings. The lowest BCUT2D eigenvalue weighted by Gasteiger charge is -2.38. The molecule has 0 saturated carbocycles. The zero-order chi connectivity index (χ0) is 26.9. The maximum absolute atomic E-state index is 14.7. The average molecular weight is 571 g/mol. The first-order valence-corrected chi connectivity index (χ1v) is 14.1. The molecule has 4 heterocycles. The van der Waals surface area contributed by atoms with E-state index in [2.05, 4.69) is 5.32 Å². The number of hydrogen-bond acceptors (Lipinski definition) is 5. The molecule has 4 atom stereocenters. The van der Waals surface area contributed by atoms with Gasteiger partial charge >= 0.3 is 0 Å². The van der Waals surface area contributed by atoms with E-state index < -0.39 is 23.4 Å². The number of fused-ring (bicyclic) bond motifs is 6. The second-order valence-corrected chi connectivity index (χ2v) is 11.7. The van der Waals surface area contributed by atoms with Crippen molar-refractivity contribution < 1.29 is 14.4 Å². The molecule has 3 aliphatic heterocycles. The number of nitrogens with zero attached hydrogens (tertiary/aromatic N) is 1. The van der Waals surface area contributed by atoms with Crippen LogP contribution in [-0.2, 0) is 10.2 Å². The van der Waals surface area contributed by atoms with Crippen LogP contribution in [0.4, 0.5) is 5.69 Å². The summed E-state index contributed by atoms with van der Waals surface area (Å²) in [6, 6.07) is 22.0. The number of benzene rings is 3. The number of nitrogens with one attached hydrogen (secondary N) is 1. The largest absolute Gasteiger partial charge is 0.358 e. The first-order chi connectivity index (χ1) is 18.9. The highest BCUT2D eigenvalue weighted by molar-refractivity contribution is 7.12. The third-order valence-corrected chi connectivity index (χ3v) is 9.51. The zero-order valence-electron chi connectivity index (χ0n) is 20.3. The van der Waals surface area contributed by atoms with E-state index >= 15 is 0 Å². The number of para-hydroxylation sites is 1. The number of anilines is 1. The Morgan fingerprint density at radius 3 is 2.51 bits per heavy atom. The Morgan fingerprint density at radius 1 is 0.923 bits per heavy atom. The van der Waals surface area contributed by atoms with Crippen LogP contribution in [0.2, 0.25) is 10.0 Å². The van der Waals surface area contributed by atoms with Crippen molar-refractivity contribution in [3.05, 3.63) is 128 Å². The minimum atomic E-state index is -1.39. The van der Waals surface area contributed by atoms with Crippen molar-refractivity contribution >= 4 is 63.8 Å². The molecule has 3 aromatic carbocycles. The number of hydrogen-bond donors (Lipinski definition) is 1. The Kier molecular flexibility index (Phi) is 5.56. The third-order valence-electron chi connectivity index (χ3n) is 8.08. The van der Waals surface area contributed by atoms with Crippen molar-refractivity contribution in [2.24, 2.45) is 5.92 Å². The maximum atomic E-state index is 14.7. The highest BCUT2D eigenvalue weighted by Crippen LogP contribution is 2.62. The van der Waals surface area contributed by atoms with E-state index in [1.807, 2.05) is 77.2 Å². The third kappa shape index (κ3) is 3.35. The molecule has 1 amide bonds. The minimum absolute atomic E-state index is 0.178. The lowest BCUT2D eigenvalue weighted by Crippen LogP contribution is -2.49. The van der Waals surface area contributed by atoms with Crippen LogP contribution >= 0.6 is 34.5 Å². The summed E-state index contributed by atoms with van der Waals surface area (Å²) in [7, 11) is 0. The second kappa shape index (κ2) is 8.91. The SMILES string of the molecule is O=C(c1cccs1)C1C(C(=O)c2ccc(Cl)cc2Cl)C2(C(=O)Nc3ccccc32)C2c3ccccc3C=CN12. The summed E-state index contributed by atoms with van der Waals surface area (Å²) >= 11 is 14.1. The highest BCUT2D eigenvalue weighted by Gasteiger charge is 2.70. The van der Waals surface area contributed by atoms with E-state index in [9.17, 15) is 14.4 Å². The fourth-order valence-corrected chi connectivity index (χ4v) is 7.79. The lowest BCUT2D eigenvalue weighted by atomic mass is 9.62. The minimum Gasteiger partial charge on any atom is -0.358 e. The van der Waals surface area contributed by atoms with Crippen LogP contribution in [0.1, 0.15) is 42.8 Å². The number of rotatable bonds is 4. The molecule has 1 spiro atoms. The summed E-state index contributed by atoms with van der Waals surface area (Å²) in [5.74, 6) is -1.97. The number of carbonyl (C=O) groups is 3. The first-order valence-electron chi connectivity index (χ1n) is 12.5. The van der Waals surface area contributed by atoms with Gasteiger partial charge in [-0.15, -0.1) is 11.3 Å². The Bertz CT molecular complexity index is 1720. The zero-order valence-corrected chi connectivity index (χ0v) is 22.6. The van der Waals surface area contributed by atoms with E-state index in [1.54, 1.807) is 18.2 Å². The normalized spacial score (nSPS) is 24.3. The van der Waals surface area contributed by atoms with Crippen LogP contribution in [0, 0.1) is 5.92 Å². The predicted octanol–water partition coefficient (Wildman–Crippen LogP) is 7.04. The van der Waals surface area contributed by atoms with Gasteiger partial charge in [0.25, 0.3) is 0 Å². The van der Waals surface area contributed by atoms with Gasteiger partial charge in [0, 0.05) is 22.5 Å². The number of carbonyl (C=O) groups excluding carboxylic acids is 3. The fourth-order valence-electron chi connectivity index (χ4n) is 6.59. The standard InChI is InChI=1S/C31H20Cl2N2O3S/c32-18-11-12-20(22(33)16-18)27(36)25-26(28(37)24-10-5-15-39-24)35-14-13-17-6-1-2-7-19(17)29(35)31(25)21-8-3-4-9-23(21)34-30(31)38/h1-16,25-26,29H,(H,34,38). The van der Waals surface area contributed by atoms with Crippen molar-refractivity contribution in [1.29, 1.82) is 0 Å². The van der Waals surface area contributed by atoms with Gasteiger partial charge in [-0.2, -0.15) is 0 Å². The fraction of sp³-hybridized carbons (Fsp3) is 0.129. The van der Waals surface area contributed by atoms with Crippen molar-refractivity contribution in [3.8, 4) is 0 Å². The molecule has 1 N–H and O–H groups in total. The molecule has 7 rings (SSSR count). The molecular weight excluding hydrogens is 551 g/mol. The molecule has 1 saturated heterocycles. The van der Waals surface area contributed by atoms with Gasteiger partial charge in [-0.25, -0.2) is 0 Å². The highest BCUT2D eigenvalue weighted by atomic mass is 35.5. The van der Waals surface area contributed by atoms with Gasteiger partial charge in [0.2, 0.25) is 5.91 Å². The van der Waals surface area contributed by atoms with E-state index in [0.29, 0.717) is 21.2 Å². The summed E-state index contributed by atoms with van der Waals surface area (Å²) in [5, 5.41) is 5.45. The Labute approximate surface area is 238 Å². The van der Waals surface area contributed by atoms with E-state index in [1.165, 1.54) is 17.4 Å². The number of amides is 1. The second-order valence-electron chi connectivity index (χ2n) is 9.92. The van der Waals surface area contributed by atoms with Gasteiger partial charge in [0.05, 0.1) is 21.9 Å². The summed E-state index contributed by atoms with van der Waals surface area (Å²) in [6.45, 7) is 0. The van der Waals surface area contributed by atoms with Crippen molar-refractivity contribution in [2.75, 3.05) is 5.32 Å². The summed E-state index contributed by atoms with van der Waals surface area (Å²) in [6.07, 6.45) is 3.80. The quantitative estimate of drug-likeness (QED) is 0.267. The van der Waals surface area contributed by atoms with Crippen LogP contribution in [0.3, 0.4) is 0 Å². The van der Waals surface area contributed by atoms with Crippen LogP contribution < -0.4 is 5.32 Å². The Hall–Kier alpha value is -3.71. The molecule has 192 valence electrons. The van der Waals surface area contributed by atoms with Gasteiger partial charge in [-0.05, 0) is 58.5 Å². The van der Waals surface area contributed by atoms with Gasteiger partial charge in [0.15, 0.2) is 11.6 Å². The summed E-state index contributed by atoms with van der Waals surface area (Å²) in [5.41, 5.74) is 1.99. The molecule has 0 aliphatic carbocycles. The van der Waals surface area contributed by atoms with Gasteiger partial charge in [-0.3, -0.25) is 14.4 Å². The maximum Gasteiger partial charge on any atom is 0.238 e. The lowest BCUT2D eigenvalue weighted by molar-refractivity contribution is -0.122.